The van der Waals surface area contributed by atoms with Crippen LogP contribution in [0.3, 0.4) is 0 Å². The molecule has 0 unspecified atom stereocenters. The zero-order chi connectivity index (χ0) is 10.6. The van der Waals surface area contributed by atoms with Crippen LogP contribution >= 0.6 is 23.2 Å². The van der Waals surface area contributed by atoms with Crippen molar-refractivity contribution in [1.29, 1.82) is 0 Å². The third-order valence-corrected chi connectivity index (χ3v) is 2.89. The molecule has 1 rings (SSSR count). The first-order valence-electron chi connectivity index (χ1n) is 4.62. The van der Waals surface area contributed by atoms with Gasteiger partial charge in [-0.05, 0) is 24.1 Å². The smallest absolute Gasteiger partial charge is 0.143 e. The molecule has 1 nitrogen and oxygen atoms in total. The van der Waals surface area contributed by atoms with Crippen LogP contribution in [0.15, 0.2) is 24.3 Å². The van der Waals surface area contributed by atoms with Crippen LogP contribution in [-0.2, 0) is 4.33 Å². The molecule has 0 N–H and O–H groups in total. The van der Waals surface area contributed by atoms with E-state index < -0.39 is 4.33 Å². The van der Waals surface area contributed by atoms with E-state index >= 15 is 0 Å². The predicted octanol–water partition coefficient (Wildman–Crippen LogP) is 4.13. The lowest BCUT2D eigenvalue weighted by Gasteiger charge is -2.19. The minimum absolute atomic E-state index is 0.752. The molecule has 0 amide bonds. The summed E-state index contributed by atoms with van der Waals surface area (Å²) in [6.45, 7) is 2.06. The number of hydrogen-bond donors (Lipinski definition) is 0. The summed E-state index contributed by atoms with van der Waals surface area (Å²) in [6, 6.07) is 7.53. The molecule has 3 heteroatoms. The Balaban J connectivity index is 2.85. The molecule has 0 atom stereocenters. The summed E-state index contributed by atoms with van der Waals surface area (Å²) in [5.74, 6) is 0.814. The van der Waals surface area contributed by atoms with Crippen LogP contribution in [0.4, 0.5) is 0 Å². The molecule has 0 spiro atoms. The van der Waals surface area contributed by atoms with Crippen LogP contribution in [0, 0.1) is 0 Å². The van der Waals surface area contributed by atoms with Crippen molar-refractivity contribution in [3.63, 3.8) is 0 Å². The second-order valence-corrected chi connectivity index (χ2v) is 4.67. The van der Waals surface area contributed by atoms with Crippen LogP contribution in [0.1, 0.15) is 25.3 Å². The summed E-state index contributed by atoms with van der Waals surface area (Å²) < 4.78 is 4.28. The highest BCUT2D eigenvalue weighted by atomic mass is 35.5. The van der Waals surface area contributed by atoms with Crippen LogP contribution < -0.4 is 4.74 Å². The van der Waals surface area contributed by atoms with Crippen molar-refractivity contribution in [2.75, 3.05) is 7.11 Å². The van der Waals surface area contributed by atoms with Crippen molar-refractivity contribution in [3.8, 4) is 5.75 Å². The van der Waals surface area contributed by atoms with Crippen molar-refractivity contribution < 1.29 is 4.74 Å². The Bertz CT molecular complexity index is 280. The van der Waals surface area contributed by atoms with Gasteiger partial charge in [-0.15, -0.1) is 0 Å². The normalized spacial score (nSPS) is 11.4. The van der Waals surface area contributed by atoms with E-state index in [-0.39, 0.29) is 0 Å². The molecular weight excluding hydrogens is 219 g/mol. The van der Waals surface area contributed by atoms with E-state index in [1.54, 1.807) is 7.11 Å². The molecule has 78 valence electrons. The third kappa shape index (κ3) is 2.79. The highest BCUT2D eigenvalue weighted by molar-refractivity contribution is 6.48. The van der Waals surface area contributed by atoms with Gasteiger partial charge in [0, 0.05) is 0 Å². The number of methoxy groups -OCH3 is 1. The van der Waals surface area contributed by atoms with Crippen LogP contribution in [-0.4, -0.2) is 7.11 Å². The molecule has 0 saturated heterocycles. The minimum Gasteiger partial charge on any atom is -0.497 e. The van der Waals surface area contributed by atoms with Gasteiger partial charge < -0.3 is 4.74 Å². The molecule has 0 radical (unpaired) electrons. The molecule has 0 bridgehead atoms. The first kappa shape index (κ1) is 11.7. The van der Waals surface area contributed by atoms with Gasteiger partial charge in [-0.3, -0.25) is 0 Å². The number of alkyl halides is 2. The second-order valence-electron chi connectivity index (χ2n) is 3.18. The molecule has 0 heterocycles. The van der Waals surface area contributed by atoms with Crippen molar-refractivity contribution in [1.82, 2.24) is 0 Å². The number of ether oxygens (including phenoxy) is 1. The van der Waals surface area contributed by atoms with E-state index in [9.17, 15) is 0 Å². The summed E-state index contributed by atoms with van der Waals surface area (Å²) in [7, 11) is 1.63. The molecule has 0 aliphatic rings. The Kier molecular flexibility index (Phi) is 4.09. The first-order valence-corrected chi connectivity index (χ1v) is 5.38. The van der Waals surface area contributed by atoms with E-state index in [0.29, 0.717) is 0 Å². The molecule has 0 aromatic heterocycles. The van der Waals surface area contributed by atoms with Crippen LogP contribution in [0.25, 0.3) is 0 Å². The monoisotopic (exact) mass is 232 g/mol. The molecule has 1 aromatic carbocycles. The molecule has 0 fully saturated rings. The van der Waals surface area contributed by atoms with Gasteiger partial charge in [0.15, 0.2) is 0 Å². The van der Waals surface area contributed by atoms with Gasteiger partial charge in [0.25, 0.3) is 0 Å². The standard InChI is InChI=1S/C11H14Cl2O/c1-3-8-11(12,13)9-4-6-10(14-2)7-5-9/h4-7H,3,8H2,1-2H3. The summed E-state index contributed by atoms with van der Waals surface area (Å²) >= 11 is 12.4. The lowest BCUT2D eigenvalue weighted by molar-refractivity contribution is 0.414. The second kappa shape index (κ2) is 4.90. The van der Waals surface area contributed by atoms with Gasteiger partial charge >= 0.3 is 0 Å². The summed E-state index contributed by atoms with van der Waals surface area (Å²) in [4.78, 5) is 0. The molecule has 1 aromatic rings. The van der Waals surface area contributed by atoms with Gasteiger partial charge in [0.05, 0.1) is 7.11 Å². The SMILES string of the molecule is CCCC(Cl)(Cl)c1ccc(OC)cc1. The summed E-state index contributed by atoms with van der Waals surface area (Å²) in [5, 5.41) is 0. The lowest BCUT2D eigenvalue weighted by atomic mass is 10.1. The Morgan fingerprint density at radius 1 is 1.21 bits per heavy atom. The van der Waals surface area contributed by atoms with Crippen molar-refractivity contribution in [2.45, 2.75) is 24.1 Å². The summed E-state index contributed by atoms with van der Waals surface area (Å²) in [5.41, 5.74) is 0.920. The zero-order valence-electron chi connectivity index (χ0n) is 8.39. The maximum Gasteiger partial charge on any atom is 0.143 e. The highest BCUT2D eigenvalue weighted by Crippen LogP contribution is 2.38. The number of rotatable bonds is 4. The Labute approximate surface area is 95.0 Å². The van der Waals surface area contributed by atoms with Gasteiger partial charge in [0.1, 0.15) is 10.1 Å². The average molecular weight is 233 g/mol. The highest BCUT2D eigenvalue weighted by Gasteiger charge is 2.24. The molecule has 0 saturated carbocycles. The third-order valence-electron chi connectivity index (χ3n) is 2.08. The van der Waals surface area contributed by atoms with Crippen LogP contribution in [0.5, 0.6) is 5.75 Å². The quantitative estimate of drug-likeness (QED) is 0.710. The lowest BCUT2D eigenvalue weighted by Crippen LogP contribution is -2.09. The van der Waals surface area contributed by atoms with Crippen molar-refractivity contribution in [2.24, 2.45) is 0 Å². The van der Waals surface area contributed by atoms with Crippen LogP contribution in [0.2, 0.25) is 0 Å². The first-order chi connectivity index (χ1) is 6.60. The minimum atomic E-state index is -0.777. The Morgan fingerprint density at radius 3 is 2.21 bits per heavy atom. The van der Waals surface area contributed by atoms with E-state index in [2.05, 4.69) is 6.92 Å². The fraction of sp³-hybridized carbons (Fsp3) is 0.455. The topological polar surface area (TPSA) is 9.23 Å². The fourth-order valence-electron chi connectivity index (χ4n) is 1.29. The molecular formula is C11H14Cl2O. The number of halogens is 2. The van der Waals surface area contributed by atoms with Crippen molar-refractivity contribution in [3.05, 3.63) is 29.8 Å². The van der Waals surface area contributed by atoms with E-state index in [4.69, 9.17) is 27.9 Å². The van der Waals surface area contributed by atoms with Crippen molar-refractivity contribution >= 4 is 23.2 Å². The predicted molar refractivity (Wildman–Crippen MR) is 61.3 cm³/mol. The Hall–Kier alpha value is -0.400. The largest absolute Gasteiger partial charge is 0.497 e. The maximum absolute atomic E-state index is 6.18. The maximum atomic E-state index is 6.18. The van der Waals surface area contributed by atoms with Gasteiger partial charge in [-0.25, -0.2) is 0 Å². The number of benzene rings is 1. The Morgan fingerprint density at radius 2 is 1.79 bits per heavy atom. The van der Waals surface area contributed by atoms with Gasteiger partial charge in [0.2, 0.25) is 0 Å². The molecule has 0 aliphatic carbocycles. The zero-order valence-corrected chi connectivity index (χ0v) is 9.90. The van der Waals surface area contributed by atoms with Gasteiger partial charge in [-0.2, -0.15) is 0 Å². The number of hydrogen-bond acceptors (Lipinski definition) is 1. The van der Waals surface area contributed by atoms with E-state index in [1.165, 1.54) is 0 Å². The molecule has 14 heavy (non-hydrogen) atoms. The average Bonchev–Trinajstić information content (AvgIpc) is 2.18. The van der Waals surface area contributed by atoms with E-state index in [1.807, 2.05) is 24.3 Å². The van der Waals surface area contributed by atoms with E-state index in [0.717, 1.165) is 24.2 Å². The fourth-order valence-corrected chi connectivity index (χ4v) is 1.92. The molecule has 0 aliphatic heterocycles. The van der Waals surface area contributed by atoms with Gasteiger partial charge in [-0.1, -0.05) is 48.7 Å². The summed E-state index contributed by atoms with van der Waals surface area (Å²) in [6.07, 6.45) is 1.71.